The third-order valence-electron chi connectivity index (χ3n) is 4.13. The number of fused-ring (bicyclic) bond motifs is 1. The smallest absolute Gasteiger partial charge is 0.410 e. The summed E-state index contributed by atoms with van der Waals surface area (Å²) in [6.45, 7) is 6.35. The third kappa shape index (κ3) is 3.38. The molecule has 130 valence electrons. The van der Waals surface area contributed by atoms with Crippen molar-refractivity contribution in [2.75, 3.05) is 13.1 Å². The molecule has 1 aromatic heterocycles. The summed E-state index contributed by atoms with van der Waals surface area (Å²) in [7, 11) is 0. The molecule has 1 aliphatic rings. The Hall–Kier alpha value is -2.08. The van der Waals surface area contributed by atoms with Gasteiger partial charge >= 0.3 is 6.09 Å². The lowest BCUT2D eigenvalue weighted by molar-refractivity contribution is 0.0261. The quantitative estimate of drug-likeness (QED) is 0.905. The molecular weight excluding hydrogens is 313 g/mol. The zero-order chi connectivity index (χ0) is 17.5. The van der Waals surface area contributed by atoms with Crippen molar-refractivity contribution in [3.63, 3.8) is 0 Å². The van der Waals surface area contributed by atoms with E-state index in [-0.39, 0.29) is 17.6 Å². The molecular formula is C18H22FNO4. The first-order valence-corrected chi connectivity index (χ1v) is 8.08. The number of ether oxygens (including phenoxy) is 1. The van der Waals surface area contributed by atoms with Crippen molar-refractivity contribution in [3.8, 4) is 0 Å². The van der Waals surface area contributed by atoms with Crippen molar-refractivity contribution in [1.82, 2.24) is 4.90 Å². The lowest BCUT2D eigenvalue weighted by Gasteiger charge is -2.24. The van der Waals surface area contributed by atoms with E-state index < -0.39 is 17.5 Å². The highest BCUT2D eigenvalue weighted by molar-refractivity contribution is 5.78. The number of para-hydroxylation sites is 1. The normalized spacial score (nSPS) is 19.7. The van der Waals surface area contributed by atoms with Crippen LogP contribution in [0.2, 0.25) is 0 Å². The molecule has 0 aliphatic carbocycles. The highest BCUT2D eigenvalue weighted by Gasteiger charge is 2.35. The fourth-order valence-corrected chi connectivity index (χ4v) is 2.96. The van der Waals surface area contributed by atoms with Gasteiger partial charge in [-0.2, -0.15) is 0 Å². The van der Waals surface area contributed by atoms with Crippen LogP contribution in [0.4, 0.5) is 9.18 Å². The van der Waals surface area contributed by atoms with Crippen molar-refractivity contribution in [3.05, 3.63) is 35.8 Å². The van der Waals surface area contributed by atoms with Gasteiger partial charge in [0.05, 0.1) is 0 Å². The Kier molecular flexibility index (Phi) is 4.25. The van der Waals surface area contributed by atoms with Gasteiger partial charge in [0.25, 0.3) is 0 Å². The van der Waals surface area contributed by atoms with E-state index in [0.717, 1.165) is 0 Å². The fourth-order valence-electron chi connectivity index (χ4n) is 2.96. The lowest BCUT2D eigenvalue weighted by atomic mass is 9.99. The largest absolute Gasteiger partial charge is 0.455 e. The highest BCUT2D eigenvalue weighted by atomic mass is 19.1. The summed E-state index contributed by atoms with van der Waals surface area (Å²) >= 11 is 0. The predicted octanol–water partition coefficient (Wildman–Crippen LogP) is 3.86. The second-order valence-electron chi connectivity index (χ2n) is 7.23. The van der Waals surface area contributed by atoms with Gasteiger partial charge in [0, 0.05) is 24.4 Å². The number of hydrogen-bond donors (Lipinski definition) is 1. The van der Waals surface area contributed by atoms with Crippen LogP contribution >= 0.6 is 0 Å². The molecule has 1 amide bonds. The Morgan fingerprint density at radius 3 is 2.88 bits per heavy atom. The third-order valence-corrected chi connectivity index (χ3v) is 4.13. The predicted molar refractivity (Wildman–Crippen MR) is 87.0 cm³/mol. The Morgan fingerprint density at radius 1 is 1.46 bits per heavy atom. The molecule has 1 N–H and O–H groups in total. The molecule has 1 fully saturated rings. The van der Waals surface area contributed by atoms with Gasteiger partial charge in [-0.3, -0.25) is 0 Å². The molecule has 5 nitrogen and oxygen atoms in total. The van der Waals surface area contributed by atoms with Gasteiger partial charge in [0.1, 0.15) is 17.5 Å². The first kappa shape index (κ1) is 16.8. The Bertz CT molecular complexity index is 749. The second kappa shape index (κ2) is 6.09. The molecule has 2 aromatic rings. The molecule has 6 heteroatoms. The van der Waals surface area contributed by atoms with Crippen molar-refractivity contribution in [1.29, 1.82) is 0 Å². The van der Waals surface area contributed by atoms with Crippen LogP contribution in [0, 0.1) is 11.7 Å². The fraction of sp³-hybridized carbons (Fsp3) is 0.500. The number of benzene rings is 1. The van der Waals surface area contributed by atoms with Gasteiger partial charge in [0.2, 0.25) is 0 Å². The van der Waals surface area contributed by atoms with Crippen LogP contribution in [0.3, 0.4) is 0 Å². The van der Waals surface area contributed by atoms with Crippen LogP contribution < -0.4 is 0 Å². The first-order chi connectivity index (χ1) is 11.2. The lowest BCUT2D eigenvalue weighted by Crippen LogP contribution is -2.35. The minimum atomic E-state index is -0.885. The Labute approximate surface area is 140 Å². The number of aliphatic hydroxyl groups is 1. The molecule has 2 atom stereocenters. The Balaban J connectivity index is 1.70. The number of likely N-dealkylation sites (tertiary alicyclic amines) is 1. The maximum Gasteiger partial charge on any atom is 0.410 e. The first-order valence-electron chi connectivity index (χ1n) is 8.08. The van der Waals surface area contributed by atoms with E-state index in [9.17, 15) is 14.3 Å². The van der Waals surface area contributed by atoms with Crippen molar-refractivity contribution >= 4 is 17.1 Å². The highest BCUT2D eigenvalue weighted by Crippen LogP contribution is 2.34. The summed E-state index contributed by atoms with van der Waals surface area (Å²) in [5.41, 5.74) is -0.405. The second-order valence-corrected chi connectivity index (χ2v) is 7.23. The zero-order valence-corrected chi connectivity index (χ0v) is 14.1. The van der Waals surface area contributed by atoms with Gasteiger partial charge in [-0.25, -0.2) is 9.18 Å². The van der Waals surface area contributed by atoms with Crippen LogP contribution in [-0.4, -0.2) is 34.8 Å². The molecule has 3 rings (SSSR count). The minimum absolute atomic E-state index is 0.147. The molecule has 1 aromatic carbocycles. The van der Waals surface area contributed by atoms with Crippen molar-refractivity contribution in [2.45, 2.75) is 38.9 Å². The SMILES string of the molecule is CC(C)(C)OC(=O)N1CCC(C(O)c2cc3cccc(F)c3o2)C1. The average molecular weight is 335 g/mol. The van der Waals surface area contributed by atoms with E-state index in [4.69, 9.17) is 9.15 Å². The summed E-state index contributed by atoms with van der Waals surface area (Å²) in [6, 6.07) is 6.31. The molecule has 2 heterocycles. The van der Waals surface area contributed by atoms with Crippen molar-refractivity contribution < 1.29 is 23.4 Å². The van der Waals surface area contributed by atoms with Crippen LogP contribution in [0.1, 0.15) is 39.1 Å². The number of halogens is 1. The minimum Gasteiger partial charge on any atom is -0.455 e. The zero-order valence-electron chi connectivity index (χ0n) is 14.1. The van der Waals surface area contributed by atoms with Crippen molar-refractivity contribution in [2.24, 2.45) is 5.92 Å². The van der Waals surface area contributed by atoms with E-state index in [2.05, 4.69) is 0 Å². The average Bonchev–Trinajstić information content (AvgIpc) is 3.12. The number of amides is 1. The number of carbonyl (C=O) groups excluding carboxylic acids is 1. The van der Waals surface area contributed by atoms with Gasteiger partial charge < -0.3 is 19.2 Å². The summed E-state index contributed by atoms with van der Waals surface area (Å²) < 4.78 is 24.6. The number of hydrogen-bond acceptors (Lipinski definition) is 4. The molecule has 1 aliphatic heterocycles. The number of aliphatic hydroxyl groups excluding tert-OH is 1. The molecule has 1 saturated heterocycles. The summed E-state index contributed by atoms with van der Waals surface area (Å²) in [5.74, 6) is -0.292. The van der Waals surface area contributed by atoms with Crippen LogP contribution in [0.15, 0.2) is 28.7 Å². The number of nitrogens with zero attached hydrogens (tertiary/aromatic N) is 1. The monoisotopic (exact) mass is 335 g/mol. The van der Waals surface area contributed by atoms with Gasteiger partial charge in [-0.15, -0.1) is 0 Å². The van der Waals surface area contributed by atoms with Crippen LogP contribution in [0.25, 0.3) is 11.0 Å². The number of furan rings is 1. The summed E-state index contributed by atoms with van der Waals surface area (Å²) in [6.07, 6.45) is -0.628. The van der Waals surface area contributed by atoms with Gasteiger partial charge in [-0.05, 0) is 39.3 Å². The molecule has 24 heavy (non-hydrogen) atoms. The van der Waals surface area contributed by atoms with E-state index >= 15 is 0 Å². The summed E-state index contributed by atoms with van der Waals surface area (Å²) in [4.78, 5) is 13.7. The number of carbonyl (C=O) groups is 1. The van der Waals surface area contributed by atoms with Crippen LogP contribution in [-0.2, 0) is 4.74 Å². The van der Waals surface area contributed by atoms with E-state index in [1.807, 2.05) is 20.8 Å². The van der Waals surface area contributed by atoms with Crippen LogP contribution in [0.5, 0.6) is 0 Å². The maximum atomic E-state index is 13.7. The Morgan fingerprint density at radius 2 is 2.21 bits per heavy atom. The molecule has 0 saturated carbocycles. The van der Waals surface area contributed by atoms with E-state index in [1.165, 1.54) is 6.07 Å². The molecule has 2 unspecified atom stereocenters. The van der Waals surface area contributed by atoms with E-state index in [0.29, 0.717) is 30.7 Å². The maximum absolute atomic E-state index is 13.7. The molecule has 0 bridgehead atoms. The molecule has 0 radical (unpaired) electrons. The standard InChI is InChI=1S/C18H22FNO4/c1-18(2,3)24-17(22)20-8-7-12(10-20)15(21)14-9-11-5-4-6-13(19)16(11)23-14/h4-6,9,12,15,21H,7-8,10H2,1-3H3. The number of rotatable bonds is 2. The summed E-state index contributed by atoms with van der Waals surface area (Å²) in [5, 5.41) is 11.2. The van der Waals surface area contributed by atoms with Gasteiger partial charge in [0.15, 0.2) is 11.4 Å². The van der Waals surface area contributed by atoms with E-state index in [1.54, 1.807) is 23.1 Å². The topological polar surface area (TPSA) is 62.9 Å². The molecule has 0 spiro atoms. The van der Waals surface area contributed by atoms with Gasteiger partial charge in [-0.1, -0.05) is 12.1 Å².